The first kappa shape index (κ1) is 15.7. The molecule has 2 amide bonds. The molecule has 5 heteroatoms. The van der Waals surface area contributed by atoms with Gasteiger partial charge >= 0.3 is 0 Å². The van der Waals surface area contributed by atoms with Crippen LogP contribution in [0.1, 0.15) is 12.8 Å². The first-order chi connectivity index (χ1) is 12.2. The first-order valence-corrected chi connectivity index (χ1v) is 8.64. The van der Waals surface area contributed by atoms with Crippen molar-refractivity contribution < 1.29 is 9.59 Å². The van der Waals surface area contributed by atoms with E-state index in [9.17, 15) is 9.59 Å². The molecule has 0 unspecified atom stereocenters. The smallest absolute Gasteiger partial charge is 0.235 e. The van der Waals surface area contributed by atoms with Gasteiger partial charge in [0.1, 0.15) is 5.41 Å². The Hall–Kier alpha value is -2.82. The average Bonchev–Trinajstić information content (AvgIpc) is 3.41. The summed E-state index contributed by atoms with van der Waals surface area (Å²) in [5.74, 6) is -0.338. The number of carbonyl (C=O) groups excluding carboxylic acids is 2. The molecule has 2 aromatic carbocycles. The van der Waals surface area contributed by atoms with Crippen molar-refractivity contribution in [1.29, 1.82) is 0 Å². The molecule has 0 atom stereocenters. The van der Waals surface area contributed by atoms with Crippen LogP contribution in [0.25, 0.3) is 21.8 Å². The quantitative estimate of drug-likeness (QED) is 0.704. The highest BCUT2D eigenvalue weighted by Gasteiger charge is 2.55. The second-order valence-electron chi connectivity index (χ2n) is 6.60. The summed E-state index contributed by atoms with van der Waals surface area (Å²) in [4.78, 5) is 24.3. The predicted molar refractivity (Wildman–Crippen MR) is 98.2 cm³/mol. The number of aromatic nitrogens is 1. The van der Waals surface area contributed by atoms with Gasteiger partial charge in [-0.3, -0.25) is 9.59 Å². The summed E-state index contributed by atoms with van der Waals surface area (Å²) in [7, 11) is 1.58. The number of amides is 2. The molecule has 0 radical (unpaired) electrons. The molecule has 0 aliphatic heterocycles. The number of rotatable bonds is 5. The van der Waals surface area contributed by atoms with Crippen molar-refractivity contribution in [1.82, 2.24) is 15.2 Å². The monoisotopic (exact) mass is 335 g/mol. The Morgan fingerprint density at radius 3 is 2.04 bits per heavy atom. The summed E-state index contributed by atoms with van der Waals surface area (Å²) in [6.07, 6.45) is 1.27. The van der Waals surface area contributed by atoms with E-state index in [0.717, 1.165) is 11.0 Å². The number of nitrogens with zero attached hydrogens (tertiary/aromatic N) is 1. The van der Waals surface area contributed by atoms with Crippen LogP contribution in [0.4, 0.5) is 0 Å². The number of carbonyl (C=O) groups is 2. The van der Waals surface area contributed by atoms with Crippen molar-refractivity contribution in [3.63, 3.8) is 0 Å². The van der Waals surface area contributed by atoms with Gasteiger partial charge in [0.15, 0.2) is 0 Å². The molecule has 0 spiro atoms. The molecule has 1 fully saturated rings. The van der Waals surface area contributed by atoms with Crippen LogP contribution in [0, 0.1) is 5.41 Å². The Balaban J connectivity index is 1.55. The van der Waals surface area contributed by atoms with E-state index in [1.54, 1.807) is 7.05 Å². The number of benzene rings is 2. The zero-order valence-electron chi connectivity index (χ0n) is 14.2. The predicted octanol–water partition coefficient (Wildman–Crippen LogP) is 2.44. The van der Waals surface area contributed by atoms with Gasteiger partial charge in [0.05, 0.1) is 0 Å². The van der Waals surface area contributed by atoms with E-state index in [-0.39, 0.29) is 11.8 Å². The summed E-state index contributed by atoms with van der Waals surface area (Å²) in [6, 6.07) is 16.6. The van der Waals surface area contributed by atoms with Crippen molar-refractivity contribution in [3.05, 3.63) is 48.5 Å². The number of nitrogens with one attached hydrogen (secondary N) is 2. The molecular weight excluding hydrogens is 314 g/mol. The summed E-state index contributed by atoms with van der Waals surface area (Å²) in [6.45, 7) is 1.17. The maximum absolute atomic E-state index is 12.4. The topological polar surface area (TPSA) is 63.1 Å². The van der Waals surface area contributed by atoms with Crippen molar-refractivity contribution >= 4 is 33.6 Å². The average molecular weight is 335 g/mol. The number of para-hydroxylation sites is 2. The maximum Gasteiger partial charge on any atom is 0.235 e. The summed E-state index contributed by atoms with van der Waals surface area (Å²) in [5, 5.41) is 7.98. The summed E-state index contributed by atoms with van der Waals surface area (Å²) < 4.78 is 2.23. The van der Waals surface area contributed by atoms with Gasteiger partial charge in [0.2, 0.25) is 11.8 Å². The molecule has 128 valence electrons. The zero-order chi connectivity index (χ0) is 17.4. The molecule has 1 saturated carbocycles. The molecule has 5 nitrogen and oxygen atoms in total. The Kier molecular flexibility index (Phi) is 3.71. The molecule has 2 N–H and O–H groups in total. The lowest BCUT2D eigenvalue weighted by Crippen LogP contribution is -2.42. The van der Waals surface area contributed by atoms with Gasteiger partial charge in [-0.25, -0.2) is 0 Å². The van der Waals surface area contributed by atoms with Gasteiger partial charge in [-0.15, -0.1) is 0 Å². The minimum Gasteiger partial charge on any atom is -0.358 e. The summed E-state index contributed by atoms with van der Waals surface area (Å²) >= 11 is 0. The van der Waals surface area contributed by atoms with E-state index >= 15 is 0 Å². The van der Waals surface area contributed by atoms with Gasteiger partial charge in [0.25, 0.3) is 0 Å². The Morgan fingerprint density at radius 1 is 0.960 bits per heavy atom. The molecular formula is C20H21N3O2. The van der Waals surface area contributed by atoms with Gasteiger partial charge in [0, 0.05) is 41.9 Å². The van der Waals surface area contributed by atoms with Gasteiger partial charge < -0.3 is 15.2 Å². The van der Waals surface area contributed by atoms with E-state index in [1.807, 2.05) is 24.3 Å². The molecule has 1 aromatic heterocycles. The lowest BCUT2D eigenvalue weighted by atomic mass is 10.1. The molecule has 1 heterocycles. The third-order valence-electron chi connectivity index (χ3n) is 5.15. The third-order valence-corrected chi connectivity index (χ3v) is 5.15. The normalized spacial score (nSPS) is 15.2. The van der Waals surface area contributed by atoms with Crippen LogP contribution in [0.5, 0.6) is 0 Å². The fourth-order valence-electron chi connectivity index (χ4n) is 3.62. The van der Waals surface area contributed by atoms with Crippen molar-refractivity contribution in [3.8, 4) is 0 Å². The molecule has 0 bridgehead atoms. The maximum atomic E-state index is 12.4. The standard InChI is InChI=1S/C20H21N3O2/c1-21-18(24)20(10-11-20)19(25)22-12-13-23-16-8-4-2-6-14(16)15-7-3-5-9-17(15)23/h2-9H,10-13H2,1H3,(H,21,24)(H,22,25). The first-order valence-electron chi connectivity index (χ1n) is 8.64. The van der Waals surface area contributed by atoms with E-state index in [4.69, 9.17) is 0 Å². The Labute approximate surface area is 146 Å². The van der Waals surface area contributed by atoms with Crippen LogP contribution >= 0.6 is 0 Å². The molecule has 25 heavy (non-hydrogen) atoms. The van der Waals surface area contributed by atoms with Crippen molar-refractivity contribution in [2.24, 2.45) is 5.41 Å². The van der Waals surface area contributed by atoms with Crippen molar-refractivity contribution in [2.75, 3.05) is 13.6 Å². The highest BCUT2D eigenvalue weighted by molar-refractivity contribution is 6.08. The van der Waals surface area contributed by atoms with E-state index < -0.39 is 5.41 Å². The van der Waals surface area contributed by atoms with E-state index in [0.29, 0.717) is 25.9 Å². The number of hydrogen-bond donors (Lipinski definition) is 2. The molecule has 0 saturated heterocycles. The Morgan fingerprint density at radius 2 is 1.52 bits per heavy atom. The third kappa shape index (κ3) is 2.47. The van der Waals surface area contributed by atoms with Crippen LogP contribution in [0.3, 0.4) is 0 Å². The number of fused-ring (bicyclic) bond motifs is 3. The van der Waals surface area contributed by atoms with Crippen molar-refractivity contribution in [2.45, 2.75) is 19.4 Å². The van der Waals surface area contributed by atoms with Crippen LogP contribution in [-0.2, 0) is 16.1 Å². The highest BCUT2D eigenvalue weighted by Crippen LogP contribution is 2.46. The van der Waals surface area contributed by atoms with E-state index in [2.05, 4.69) is 39.5 Å². The number of hydrogen-bond acceptors (Lipinski definition) is 2. The summed E-state index contributed by atoms with van der Waals surface area (Å²) in [5.41, 5.74) is 1.48. The molecule has 1 aliphatic carbocycles. The molecule has 3 aromatic rings. The highest BCUT2D eigenvalue weighted by atomic mass is 16.2. The van der Waals surface area contributed by atoms with Crippen LogP contribution in [-0.4, -0.2) is 30.0 Å². The second-order valence-corrected chi connectivity index (χ2v) is 6.60. The second kappa shape index (κ2) is 5.92. The fourth-order valence-corrected chi connectivity index (χ4v) is 3.62. The Bertz CT molecular complexity index is 916. The molecule has 1 aliphatic rings. The van der Waals surface area contributed by atoms with Crippen LogP contribution in [0.2, 0.25) is 0 Å². The van der Waals surface area contributed by atoms with Gasteiger partial charge in [-0.1, -0.05) is 36.4 Å². The van der Waals surface area contributed by atoms with Gasteiger partial charge in [-0.05, 0) is 25.0 Å². The minimum atomic E-state index is -0.838. The zero-order valence-corrected chi connectivity index (χ0v) is 14.2. The lowest BCUT2D eigenvalue weighted by molar-refractivity contribution is -0.136. The van der Waals surface area contributed by atoms with Gasteiger partial charge in [-0.2, -0.15) is 0 Å². The minimum absolute atomic E-state index is 0.160. The fraction of sp³-hybridized carbons (Fsp3) is 0.300. The van der Waals surface area contributed by atoms with E-state index in [1.165, 1.54) is 10.8 Å². The van der Waals surface area contributed by atoms with Crippen LogP contribution in [0.15, 0.2) is 48.5 Å². The molecule has 4 rings (SSSR count). The lowest BCUT2D eigenvalue weighted by Gasteiger charge is -2.14. The SMILES string of the molecule is CNC(=O)C1(C(=O)NCCn2c3ccccc3c3ccccc32)CC1. The van der Waals surface area contributed by atoms with Crippen LogP contribution < -0.4 is 10.6 Å². The largest absolute Gasteiger partial charge is 0.358 e.